The molecule has 2 nitrogen and oxygen atoms in total. The van der Waals surface area contributed by atoms with Crippen LogP contribution in [0.25, 0.3) is 0 Å². The van der Waals surface area contributed by atoms with Crippen molar-refractivity contribution in [1.82, 2.24) is 5.32 Å². The number of rotatable bonds is 5. The van der Waals surface area contributed by atoms with E-state index in [1.807, 2.05) is 25.1 Å². The largest absolute Gasteiger partial charge is 0.497 e. The molecule has 0 heterocycles. The Balaban J connectivity index is 2.49. The SMILES string of the molecule is CCNC(c1ccc(F)c(F)c1)c1cc(OC)ccc1Br. The minimum atomic E-state index is -0.852. The van der Waals surface area contributed by atoms with Crippen molar-refractivity contribution in [2.75, 3.05) is 13.7 Å². The zero-order valence-electron chi connectivity index (χ0n) is 11.8. The summed E-state index contributed by atoms with van der Waals surface area (Å²) in [6, 6.07) is 9.27. The molecule has 0 aliphatic rings. The van der Waals surface area contributed by atoms with Gasteiger partial charge in [0.25, 0.3) is 0 Å². The van der Waals surface area contributed by atoms with Crippen molar-refractivity contribution in [2.45, 2.75) is 13.0 Å². The number of halogens is 3. The molecule has 112 valence electrons. The lowest BCUT2D eigenvalue weighted by atomic mass is 9.98. The van der Waals surface area contributed by atoms with Crippen LogP contribution in [-0.4, -0.2) is 13.7 Å². The maximum Gasteiger partial charge on any atom is 0.159 e. The van der Waals surface area contributed by atoms with Crippen LogP contribution in [0.3, 0.4) is 0 Å². The molecule has 21 heavy (non-hydrogen) atoms. The highest BCUT2D eigenvalue weighted by molar-refractivity contribution is 9.10. The summed E-state index contributed by atoms with van der Waals surface area (Å²) in [5, 5.41) is 3.28. The molecule has 1 N–H and O–H groups in total. The summed E-state index contributed by atoms with van der Waals surface area (Å²) in [4.78, 5) is 0. The number of nitrogens with one attached hydrogen (secondary N) is 1. The standard InChI is InChI=1S/C16H16BrF2NO/c1-3-20-16(10-4-7-14(18)15(19)8-10)12-9-11(21-2)5-6-13(12)17/h4-9,16,20H,3H2,1-2H3. The summed E-state index contributed by atoms with van der Waals surface area (Å²) in [6.45, 7) is 2.65. The summed E-state index contributed by atoms with van der Waals surface area (Å²) < 4.78 is 32.7. The molecule has 5 heteroatoms. The monoisotopic (exact) mass is 355 g/mol. The van der Waals surface area contributed by atoms with Crippen LogP contribution in [0, 0.1) is 11.6 Å². The number of hydrogen-bond donors (Lipinski definition) is 1. The van der Waals surface area contributed by atoms with Gasteiger partial charge in [0.15, 0.2) is 11.6 Å². The molecule has 0 saturated heterocycles. The van der Waals surface area contributed by atoms with Crippen LogP contribution < -0.4 is 10.1 Å². The Morgan fingerprint density at radius 3 is 2.52 bits per heavy atom. The third-order valence-corrected chi connectivity index (χ3v) is 3.92. The van der Waals surface area contributed by atoms with Crippen LogP contribution >= 0.6 is 15.9 Å². The van der Waals surface area contributed by atoms with Gasteiger partial charge in [-0.15, -0.1) is 0 Å². The van der Waals surface area contributed by atoms with E-state index in [-0.39, 0.29) is 6.04 Å². The first-order chi connectivity index (χ1) is 10.1. The minimum Gasteiger partial charge on any atom is -0.497 e. The Labute approximate surface area is 131 Å². The first kappa shape index (κ1) is 15.9. The summed E-state index contributed by atoms with van der Waals surface area (Å²) in [5.74, 6) is -0.994. The van der Waals surface area contributed by atoms with E-state index < -0.39 is 11.6 Å². The van der Waals surface area contributed by atoms with Crippen LogP contribution in [0.4, 0.5) is 8.78 Å². The fraction of sp³-hybridized carbons (Fsp3) is 0.250. The summed E-state index contributed by atoms with van der Waals surface area (Å²) >= 11 is 3.50. The fourth-order valence-electron chi connectivity index (χ4n) is 2.17. The molecule has 0 amide bonds. The highest BCUT2D eigenvalue weighted by Gasteiger charge is 2.18. The van der Waals surface area contributed by atoms with Gasteiger partial charge >= 0.3 is 0 Å². The van der Waals surface area contributed by atoms with E-state index in [1.54, 1.807) is 13.2 Å². The second kappa shape index (κ2) is 7.00. The topological polar surface area (TPSA) is 21.3 Å². The molecule has 1 unspecified atom stereocenters. The summed E-state index contributed by atoms with van der Waals surface area (Å²) in [6.07, 6.45) is 0. The molecule has 2 aromatic carbocycles. The normalized spacial score (nSPS) is 12.2. The zero-order valence-corrected chi connectivity index (χ0v) is 13.4. The molecule has 0 saturated carbocycles. The van der Waals surface area contributed by atoms with Gasteiger partial charge in [0.2, 0.25) is 0 Å². The van der Waals surface area contributed by atoms with Crippen molar-refractivity contribution >= 4 is 15.9 Å². The molecule has 0 aliphatic heterocycles. The van der Waals surface area contributed by atoms with Gasteiger partial charge in [-0.2, -0.15) is 0 Å². The van der Waals surface area contributed by atoms with Gasteiger partial charge in [0, 0.05) is 4.47 Å². The van der Waals surface area contributed by atoms with E-state index >= 15 is 0 Å². The molecular weight excluding hydrogens is 340 g/mol. The van der Waals surface area contributed by atoms with Crippen molar-refractivity contribution < 1.29 is 13.5 Å². The Hall–Kier alpha value is -1.46. The fourth-order valence-corrected chi connectivity index (χ4v) is 2.65. The van der Waals surface area contributed by atoms with Crippen molar-refractivity contribution in [3.05, 3.63) is 63.6 Å². The predicted molar refractivity (Wildman–Crippen MR) is 82.6 cm³/mol. The minimum absolute atomic E-state index is 0.255. The summed E-state index contributed by atoms with van der Waals surface area (Å²) in [5.41, 5.74) is 1.56. The molecule has 0 radical (unpaired) electrons. The Kier molecular flexibility index (Phi) is 5.31. The van der Waals surface area contributed by atoms with Gasteiger partial charge in [-0.1, -0.05) is 28.9 Å². The molecule has 0 aliphatic carbocycles. The van der Waals surface area contributed by atoms with Gasteiger partial charge in [-0.05, 0) is 48.0 Å². The van der Waals surface area contributed by atoms with Crippen molar-refractivity contribution in [1.29, 1.82) is 0 Å². The van der Waals surface area contributed by atoms with Gasteiger partial charge in [0.05, 0.1) is 13.2 Å². The molecule has 0 aromatic heterocycles. The van der Waals surface area contributed by atoms with Gasteiger partial charge in [-0.25, -0.2) is 8.78 Å². The van der Waals surface area contributed by atoms with E-state index in [0.29, 0.717) is 17.9 Å². The molecule has 2 aromatic rings. The number of hydrogen-bond acceptors (Lipinski definition) is 2. The predicted octanol–water partition coefficient (Wildman–Crippen LogP) is 4.43. The van der Waals surface area contributed by atoms with Crippen LogP contribution in [0.15, 0.2) is 40.9 Å². The average Bonchev–Trinajstić information content (AvgIpc) is 2.49. The number of ether oxygens (including phenoxy) is 1. The van der Waals surface area contributed by atoms with Crippen molar-refractivity contribution in [2.24, 2.45) is 0 Å². The van der Waals surface area contributed by atoms with Crippen LogP contribution in [0.1, 0.15) is 24.1 Å². The van der Waals surface area contributed by atoms with E-state index in [1.165, 1.54) is 6.07 Å². The summed E-state index contributed by atoms with van der Waals surface area (Å²) in [7, 11) is 1.59. The van der Waals surface area contributed by atoms with E-state index in [9.17, 15) is 8.78 Å². The maximum atomic E-state index is 13.5. The molecule has 0 spiro atoms. The third kappa shape index (κ3) is 3.60. The highest BCUT2D eigenvalue weighted by Crippen LogP contribution is 2.32. The Morgan fingerprint density at radius 1 is 1.14 bits per heavy atom. The lowest BCUT2D eigenvalue weighted by Gasteiger charge is -2.21. The second-order valence-corrected chi connectivity index (χ2v) is 5.41. The van der Waals surface area contributed by atoms with Crippen LogP contribution in [-0.2, 0) is 0 Å². The van der Waals surface area contributed by atoms with Crippen LogP contribution in [0.5, 0.6) is 5.75 Å². The quantitative estimate of drug-likeness (QED) is 0.856. The Morgan fingerprint density at radius 2 is 1.90 bits per heavy atom. The molecule has 2 rings (SSSR count). The highest BCUT2D eigenvalue weighted by atomic mass is 79.9. The zero-order chi connectivity index (χ0) is 15.4. The smallest absolute Gasteiger partial charge is 0.159 e. The molecular formula is C16H16BrF2NO. The van der Waals surface area contributed by atoms with Crippen molar-refractivity contribution in [3.63, 3.8) is 0 Å². The van der Waals surface area contributed by atoms with Crippen LogP contribution in [0.2, 0.25) is 0 Å². The lowest BCUT2D eigenvalue weighted by Crippen LogP contribution is -2.22. The third-order valence-electron chi connectivity index (χ3n) is 3.20. The molecule has 1 atom stereocenters. The second-order valence-electron chi connectivity index (χ2n) is 4.55. The molecule has 0 bridgehead atoms. The number of benzene rings is 2. The molecule has 0 fully saturated rings. The van der Waals surface area contributed by atoms with Gasteiger partial charge < -0.3 is 10.1 Å². The maximum absolute atomic E-state index is 13.5. The van der Waals surface area contributed by atoms with Gasteiger partial charge in [0.1, 0.15) is 5.75 Å². The first-order valence-corrected chi connectivity index (χ1v) is 7.38. The van der Waals surface area contributed by atoms with E-state index in [0.717, 1.165) is 16.1 Å². The van der Waals surface area contributed by atoms with Crippen molar-refractivity contribution in [3.8, 4) is 5.75 Å². The van der Waals surface area contributed by atoms with E-state index in [2.05, 4.69) is 21.2 Å². The lowest BCUT2D eigenvalue weighted by molar-refractivity contribution is 0.413. The van der Waals surface area contributed by atoms with E-state index in [4.69, 9.17) is 4.74 Å². The number of methoxy groups -OCH3 is 1. The van der Waals surface area contributed by atoms with Gasteiger partial charge in [-0.3, -0.25) is 0 Å². The first-order valence-electron chi connectivity index (χ1n) is 6.58. The Bertz CT molecular complexity index is 634. The average molecular weight is 356 g/mol.